The van der Waals surface area contributed by atoms with Gasteiger partial charge in [-0.3, -0.25) is 0 Å². The number of allylic oxidation sites excluding steroid dienone is 2. The molecular formula is C24H27NO2. The molecule has 1 aromatic heterocycles. The number of H-pyrrole nitrogens is 1. The van der Waals surface area contributed by atoms with E-state index in [1.807, 2.05) is 0 Å². The van der Waals surface area contributed by atoms with Gasteiger partial charge in [0.1, 0.15) is 17.1 Å². The largest absolute Gasteiger partial charge is 0.495 e. The Bertz CT molecular complexity index is 1080. The molecule has 4 rings (SSSR count). The summed E-state index contributed by atoms with van der Waals surface area (Å²) < 4.78 is 12.0. The van der Waals surface area contributed by atoms with Crippen molar-refractivity contribution in [2.45, 2.75) is 46.1 Å². The van der Waals surface area contributed by atoms with Crippen molar-refractivity contribution < 1.29 is 9.47 Å². The maximum Gasteiger partial charge on any atom is 0.143 e. The standard InChI is InChI=1S/C24H27NO2/c1-15(2)7-6-11-24(4)12-10-18-20(27-24)9-8-17-19-13-16(3)14-21(26-5)23(19)25-22(17)18/h7-10,12-14,25H,6,11H2,1-5H3. The van der Waals surface area contributed by atoms with Crippen molar-refractivity contribution in [3.05, 3.63) is 53.1 Å². The number of benzene rings is 2. The molecule has 140 valence electrons. The highest BCUT2D eigenvalue weighted by Gasteiger charge is 2.28. The van der Waals surface area contributed by atoms with Crippen LogP contribution in [0.15, 0.2) is 42.0 Å². The lowest BCUT2D eigenvalue weighted by Crippen LogP contribution is -2.31. The highest BCUT2D eigenvalue weighted by atomic mass is 16.5. The molecule has 1 unspecified atom stereocenters. The number of aromatic amines is 1. The van der Waals surface area contributed by atoms with Crippen LogP contribution in [0.4, 0.5) is 0 Å². The minimum absolute atomic E-state index is 0.271. The van der Waals surface area contributed by atoms with Crippen LogP contribution in [0.1, 0.15) is 44.7 Å². The first-order chi connectivity index (χ1) is 12.9. The first-order valence-electron chi connectivity index (χ1n) is 9.55. The van der Waals surface area contributed by atoms with E-state index in [1.165, 1.54) is 21.9 Å². The van der Waals surface area contributed by atoms with E-state index in [1.54, 1.807) is 7.11 Å². The van der Waals surface area contributed by atoms with Crippen molar-refractivity contribution in [2.24, 2.45) is 0 Å². The van der Waals surface area contributed by atoms with Gasteiger partial charge in [-0.05, 0) is 82.5 Å². The van der Waals surface area contributed by atoms with Gasteiger partial charge in [-0.25, -0.2) is 0 Å². The number of rotatable bonds is 4. The number of ether oxygens (including phenoxy) is 2. The van der Waals surface area contributed by atoms with Gasteiger partial charge in [0, 0.05) is 16.3 Å². The van der Waals surface area contributed by atoms with E-state index in [-0.39, 0.29) is 5.60 Å². The molecule has 0 spiro atoms. The molecule has 1 aliphatic heterocycles. The van der Waals surface area contributed by atoms with E-state index < -0.39 is 0 Å². The lowest BCUT2D eigenvalue weighted by Gasteiger charge is -2.31. The molecule has 27 heavy (non-hydrogen) atoms. The van der Waals surface area contributed by atoms with Crippen LogP contribution < -0.4 is 9.47 Å². The molecule has 0 saturated carbocycles. The average Bonchev–Trinajstić information content (AvgIpc) is 2.99. The third-order valence-corrected chi connectivity index (χ3v) is 5.35. The molecule has 0 saturated heterocycles. The SMILES string of the molecule is COc1cc(C)cc2c1[nH]c1c3c(ccc12)OC(C)(CCC=C(C)C)C=C3. The summed E-state index contributed by atoms with van der Waals surface area (Å²) in [6.45, 7) is 8.53. The summed E-state index contributed by atoms with van der Waals surface area (Å²) in [6.07, 6.45) is 8.66. The van der Waals surface area contributed by atoms with E-state index in [9.17, 15) is 0 Å². The van der Waals surface area contributed by atoms with Crippen LogP contribution >= 0.6 is 0 Å². The van der Waals surface area contributed by atoms with E-state index in [0.29, 0.717) is 0 Å². The summed E-state index contributed by atoms with van der Waals surface area (Å²) in [5, 5.41) is 2.39. The zero-order valence-corrected chi connectivity index (χ0v) is 16.8. The maximum absolute atomic E-state index is 6.42. The van der Waals surface area contributed by atoms with Crippen molar-refractivity contribution in [2.75, 3.05) is 7.11 Å². The molecule has 0 radical (unpaired) electrons. The van der Waals surface area contributed by atoms with Gasteiger partial charge in [-0.1, -0.05) is 11.6 Å². The van der Waals surface area contributed by atoms with Crippen LogP contribution in [-0.2, 0) is 0 Å². The van der Waals surface area contributed by atoms with Gasteiger partial charge in [-0.2, -0.15) is 0 Å². The van der Waals surface area contributed by atoms with E-state index >= 15 is 0 Å². The second-order valence-corrected chi connectivity index (χ2v) is 7.98. The average molecular weight is 361 g/mol. The summed E-state index contributed by atoms with van der Waals surface area (Å²) in [5.74, 6) is 1.81. The molecule has 1 atom stereocenters. The van der Waals surface area contributed by atoms with E-state index in [4.69, 9.17) is 9.47 Å². The summed E-state index contributed by atoms with van der Waals surface area (Å²) in [7, 11) is 1.72. The number of aromatic nitrogens is 1. The Kier molecular flexibility index (Phi) is 4.26. The Morgan fingerprint density at radius 1 is 1.19 bits per heavy atom. The number of aryl methyl sites for hydroxylation is 1. The summed E-state index contributed by atoms with van der Waals surface area (Å²) in [5.41, 5.74) is 5.53. The van der Waals surface area contributed by atoms with Crippen LogP contribution in [0, 0.1) is 6.92 Å². The predicted octanol–water partition coefficient (Wildman–Crippen LogP) is 6.55. The second-order valence-electron chi connectivity index (χ2n) is 7.98. The number of hydrogen-bond acceptors (Lipinski definition) is 2. The van der Waals surface area contributed by atoms with Crippen LogP contribution in [0.2, 0.25) is 0 Å². The monoisotopic (exact) mass is 361 g/mol. The highest BCUT2D eigenvalue weighted by Crippen LogP contribution is 2.41. The Balaban J connectivity index is 1.79. The molecule has 2 aromatic carbocycles. The smallest absolute Gasteiger partial charge is 0.143 e. The maximum atomic E-state index is 6.42. The van der Waals surface area contributed by atoms with Gasteiger partial charge >= 0.3 is 0 Å². The molecule has 2 heterocycles. The molecule has 3 nitrogen and oxygen atoms in total. The molecule has 0 bridgehead atoms. The van der Waals surface area contributed by atoms with Gasteiger partial charge in [0.25, 0.3) is 0 Å². The summed E-state index contributed by atoms with van der Waals surface area (Å²) in [4.78, 5) is 3.57. The van der Waals surface area contributed by atoms with Crippen LogP contribution in [-0.4, -0.2) is 17.7 Å². The van der Waals surface area contributed by atoms with Crippen LogP contribution in [0.3, 0.4) is 0 Å². The predicted molar refractivity (Wildman–Crippen MR) is 114 cm³/mol. The molecule has 0 amide bonds. The van der Waals surface area contributed by atoms with Crippen molar-refractivity contribution in [1.82, 2.24) is 4.98 Å². The number of hydrogen-bond donors (Lipinski definition) is 1. The van der Waals surface area contributed by atoms with Crippen molar-refractivity contribution in [3.63, 3.8) is 0 Å². The molecule has 3 aromatic rings. The molecule has 0 fully saturated rings. The number of fused-ring (bicyclic) bond motifs is 5. The Morgan fingerprint density at radius 3 is 2.74 bits per heavy atom. The van der Waals surface area contributed by atoms with E-state index in [2.05, 4.69) is 75.2 Å². The minimum atomic E-state index is -0.271. The third kappa shape index (κ3) is 3.12. The summed E-state index contributed by atoms with van der Waals surface area (Å²) >= 11 is 0. The van der Waals surface area contributed by atoms with Gasteiger partial charge in [0.15, 0.2) is 0 Å². The van der Waals surface area contributed by atoms with Gasteiger partial charge < -0.3 is 14.5 Å². The van der Waals surface area contributed by atoms with E-state index in [0.717, 1.165) is 40.9 Å². The van der Waals surface area contributed by atoms with Crippen molar-refractivity contribution >= 4 is 27.9 Å². The number of methoxy groups -OCH3 is 1. The Morgan fingerprint density at radius 2 is 2.00 bits per heavy atom. The van der Waals surface area contributed by atoms with Crippen molar-refractivity contribution in [3.8, 4) is 11.5 Å². The molecule has 1 N–H and O–H groups in total. The number of nitrogens with one attached hydrogen (secondary N) is 1. The van der Waals surface area contributed by atoms with Crippen LogP contribution in [0.5, 0.6) is 11.5 Å². The Labute approximate surface area is 160 Å². The first kappa shape index (κ1) is 17.7. The first-order valence-corrected chi connectivity index (χ1v) is 9.55. The normalized spacial score (nSPS) is 18.4. The van der Waals surface area contributed by atoms with Gasteiger partial charge in [-0.15, -0.1) is 0 Å². The quantitative estimate of drug-likeness (QED) is 0.535. The minimum Gasteiger partial charge on any atom is -0.495 e. The fraction of sp³-hybridized carbons (Fsp3) is 0.333. The summed E-state index contributed by atoms with van der Waals surface area (Å²) in [6, 6.07) is 8.53. The zero-order valence-electron chi connectivity index (χ0n) is 16.8. The highest BCUT2D eigenvalue weighted by molar-refractivity contribution is 6.12. The van der Waals surface area contributed by atoms with Gasteiger partial charge in [0.2, 0.25) is 0 Å². The lowest BCUT2D eigenvalue weighted by molar-refractivity contribution is 0.129. The van der Waals surface area contributed by atoms with Crippen molar-refractivity contribution in [1.29, 1.82) is 0 Å². The topological polar surface area (TPSA) is 34.2 Å². The third-order valence-electron chi connectivity index (χ3n) is 5.35. The Hall–Kier alpha value is -2.68. The lowest BCUT2D eigenvalue weighted by atomic mass is 9.94. The molecular weight excluding hydrogens is 334 g/mol. The molecule has 3 heteroatoms. The van der Waals surface area contributed by atoms with Crippen LogP contribution in [0.25, 0.3) is 27.9 Å². The van der Waals surface area contributed by atoms with Gasteiger partial charge in [0.05, 0.1) is 18.1 Å². The molecule has 1 aliphatic rings. The fourth-order valence-corrected chi connectivity index (χ4v) is 3.92. The molecule has 0 aliphatic carbocycles. The zero-order chi connectivity index (χ0) is 19.2. The second kappa shape index (κ2) is 6.49. The fourth-order valence-electron chi connectivity index (χ4n) is 3.92.